The standard InChI is InChI=1S/C22H27N3O/c1-15(2)20-11-10-19(14-21(20)25-13-12-16(3)23-25)17-6-8-18(9-7-17)22(26)24(4)5/h6-11,14-15H,12-13H2,1-5H3. The first-order valence-corrected chi connectivity index (χ1v) is 9.14. The van der Waals surface area contributed by atoms with Gasteiger partial charge in [-0.25, -0.2) is 0 Å². The molecule has 0 saturated heterocycles. The summed E-state index contributed by atoms with van der Waals surface area (Å²) in [6.07, 6.45) is 1.02. The molecule has 0 saturated carbocycles. The number of hydrazone groups is 1. The molecule has 1 amide bonds. The Kier molecular flexibility index (Phi) is 5.12. The molecule has 0 spiro atoms. The zero-order valence-electron chi connectivity index (χ0n) is 16.3. The highest BCUT2D eigenvalue weighted by atomic mass is 16.2. The number of rotatable bonds is 4. The number of amides is 1. The highest BCUT2D eigenvalue weighted by Crippen LogP contribution is 2.34. The Morgan fingerprint density at radius 1 is 1.08 bits per heavy atom. The third kappa shape index (κ3) is 3.64. The summed E-state index contributed by atoms with van der Waals surface area (Å²) < 4.78 is 0. The molecule has 0 aromatic heterocycles. The lowest BCUT2D eigenvalue weighted by molar-refractivity contribution is 0.0827. The van der Waals surface area contributed by atoms with Gasteiger partial charge in [0.15, 0.2) is 0 Å². The van der Waals surface area contributed by atoms with Gasteiger partial charge in [-0.05, 0) is 47.7 Å². The van der Waals surface area contributed by atoms with Crippen molar-refractivity contribution in [2.75, 3.05) is 25.6 Å². The fourth-order valence-electron chi connectivity index (χ4n) is 3.25. The first kappa shape index (κ1) is 18.2. The van der Waals surface area contributed by atoms with Crippen molar-refractivity contribution in [2.45, 2.75) is 33.1 Å². The molecule has 0 radical (unpaired) electrons. The topological polar surface area (TPSA) is 35.9 Å². The fraction of sp³-hybridized carbons (Fsp3) is 0.364. The zero-order valence-corrected chi connectivity index (χ0v) is 16.3. The smallest absolute Gasteiger partial charge is 0.253 e. The lowest BCUT2D eigenvalue weighted by Crippen LogP contribution is -2.21. The van der Waals surface area contributed by atoms with Crippen LogP contribution in [-0.4, -0.2) is 37.2 Å². The van der Waals surface area contributed by atoms with E-state index < -0.39 is 0 Å². The van der Waals surface area contributed by atoms with E-state index in [9.17, 15) is 4.79 Å². The molecule has 0 fully saturated rings. The number of hydrogen-bond acceptors (Lipinski definition) is 3. The van der Waals surface area contributed by atoms with Gasteiger partial charge in [-0.15, -0.1) is 0 Å². The van der Waals surface area contributed by atoms with E-state index in [1.165, 1.54) is 17.0 Å². The average molecular weight is 349 g/mol. The van der Waals surface area contributed by atoms with E-state index in [1.807, 2.05) is 24.3 Å². The quantitative estimate of drug-likeness (QED) is 0.797. The molecule has 0 atom stereocenters. The van der Waals surface area contributed by atoms with Gasteiger partial charge in [0.25, 0.3) is 5.91 Å². The summed E-state index contributed by atoms with van der Waals surface area (Å²) in [5, 5.41) is 6.82. The van der Waals surface area contributed by atoms with Crippen LogP contribution in [0.2, 0.25) is 0 Å². The van der Waals surface area contributed by atoms with E-state index in [0.717, 1.165) is 24.1 Å². The summed E-state index contributed by atoms with van der Waals surface area (Å²) in [5.41, 5.74) is 6.63. The van der Waals surface area contributed by atoms with E-state index in [0.29, 0.717) is 11.5 Å². The third-order valence-corrected chi connectivity index (χ3v) is 4.78. The van der Waals surface area contributed by atoms with Crippen LogP contribution < -0.4 is 5.01 Å². The van der Waals surface area contributed by atoms with Gasteiger partial charge in [-0.2, -0.15) is 5.10 Å². The van der Waals surface area contributed by atoms with Gasteiger partial charge in [0.05, 0.1) is 5.69 Å². The van der Waals surface area contributed by atoms with Crippen LogP contribution in [0.15, 0.2) is 47.6 Å². The van der Waals surface area contributed by atoms with Gasteiger partial charge < -0.3 is 4.90 Å². The maximum atomic E-state index is 12.1. The molecule has 0 aliphatic carbocycles. The number of benzene rings is 2. The highest BCUT2D eigenvalue weighted by molar-refractivity contribution is 5.94. The summed E-state index contributed by atoms with van der Waals surface area (Å²) in [6.45, 7) is 7.45. The van der Waals surface area contributed by atoms with Crippen LogP contribution in [-0.2, 0) is 0 Å². The molecule has 2 aromatic rings. The number of nitrogens with zero attached hydrogens (tertiary/aromatic N) is 3. The Labute approximate surface area is 156 Å². The van der Waals surface area contributed by atoms with Crippen molar-refractivity contribution >= 4 is 17.3 Å². The molecule has 136 valence electrons. The molecule has 1 aliphatic rings. The van der Waals surface area contributed by atoms with Crippen molar-refractivity contribution in [3.8, 4) is 11.1 Å². The number of carbonyl (C=O) groups is 1. The van der Waals surface area contributed by atoms with E-state index >= 15 is 0 Å². The molecule has 1 heterocycles. The minimum absolute atomic E-state index is 0.0225. The normalized spacial score (nSPS) is 13.9. The predicted molar refractivity (Wildman–Crippen MR) is 109 cm³/mol. The highest BCUT2D eigenvalue weighted by Gasteiger charge is 2.18. The van der Waals surface area contributed by atoms with Crippen LogP contribution in [0.3, 0.4) is 0 Å². The predicted octanol–water partition coefficient (Wildman–Crippen LogP) is 4.76. The Bertz CT molecular complexity index is 835. The average Bonchev–Trinajstić information content (AvgIpc) is 3.07. The van der Waals surface area contributed by atoms with Gasteiger partial charge in [-0.1, -0.05) is 38.1 Å². The maximum Gasteiger partial charge on any atom is 0.253 e. The number of hydrogen-bond donors (Lipinski definition) is 0. The third-order valence-electron chi connectivity index (χ3n) is 4.78. The van der Waals surface area contributed by atoms with Crippen LogP contribution in [0, 0.1) is 0 Å². The number of carbonyl (C=O) groups excluding carboxylic acids is 1. The first-order valence-electron chi connectivity index (χ1n) is 9.14. The summed E-state index contributed by atoms with van der Waals surface area (Å²) in [6, 6.07) is 14.4. The van der Waals surface area contributed by atoms with Gasteiger partial charge in [0, 0.05) is 38.3 Å². The molecule has 0 N–H and O–H groups in total. The van der Waals surface area contributed by atoms with Crippen LogP contribution in [0.5, 0.6) is 0 Å². The summed E-state index contributed by atoms with van der Waals surface area (Å²) in [5.74, 6) is 0.463. The van der Waals surface area contributed by atoms with Crippen LogP contribution in [0.1, 0.15) is 49.0 Å². The summed E-state index contributed by atoms with van der Waals surface area (Å²) in [4.78, 5) is 13.7. The molecule has 26 heavy (non-hydrogen) atoms. The first-order chi connectivity index (χ1) is 12.4. The van der Waals surface area contributed by atoms with Crippen molar-refractivity contribution in [2.24, 2.45) is 5.10 Å². The fourth-order valence-corrected chi connectivity index (χ4v) is 3.25. The minimum Gasteiger partial charge on any atom is -0.345 e. The molecular formula is C22H27N3O. The van der Waals surface area contributed by atoms with E-state index in [-0.39, 0.29) is 5.91 Å². The minimum atomic E-state index is 0.0225. The SMILES string of the molecule is CC1=NN(c2cc(-c3ccc(C(=O)N(C)C)cc3)ccc2C(C)C)CC1. The maximum absolute atomic E-state index is 12.1. The molecule has 3 rings (SSSR count). The van der Waals surface area contributed by atoms with Gasteiger partial charge in [-0.3, -0.25) is 9.80 Å². The van der Waals surface area contributed by atoms with Gasteiger partial charge in [0.1, 0.15) is 0 Å². The van der Waals surface area contributed by atoms with Gasteiger partial charge in [0.2, 0.25) is 0 Å². The Morgan fingerprint density at radius 3 is 2.27 bits per heavy atom. The molecular weight excluding hydrogens is 322 g/mol. The van der Waals surface area contributed by atoms with Crippen molar-refractivity contribution in [3.05, 3.63) is 53.6 Å². The molecule has 4 heteroatoms. The molecule has 2 aromatic carbocycles. The van der Waals surface area contributed by atoms with E-state index in [1.54, 1.807) is 19.0 Å². The van der Waals surface area contributed by atoms with Crippen molar-refractivity contribution < 1.29 is 4.79 Å². The molecule has 1 aliphatic heterocycles. The molecule has 4 nitrogen and oxygen atoms in total. The Hall–Kier alpha value is -2.62. The van der Waals surface area contributed by atoms with Crippen LogP contribution in [0.4, 0.5) is 5.69 Å². The largest absolute Gasteiger partial charge is 0.345 e. The van der Waals surface area contributed by atoms with Crippen LogP contribution >= 0.6 is 0 Å². The molecule has 0 unspecified atom stereocenters. The second-order valence-electron chi connectivity index (χ2n) is 7.41. The van der Waals surface area contributed by atoms with E-state index in [2.05, 4.69) is 44.0 Å². The summed E-state index contributed by atoms with van der Waals surface area (Å²) >= 11 is 0. The molecule has 0 bridgehead atoms. The van der Waals surface area contributed by atoms with Gasteiger partial charge >= 0.3 is 0 Å². The van der Waals surface area contributed by atoms with Crippen LogP contribution in [0.25, 0.3) is 11.1 Å². The Balaban J connectivity index is 1.97. The van der Waals surface area contributed by atoms with Crippen molar-refractivity contribution in [1.29, 1.82) is 0 Å². The Morgan fingerprint density at radius 2 is 1.73 bits per heavy atom. The second kappa shape index (κ2) is 7.32. The summed E-state index contributed by atoms with van der Waals surface area (Å²) in [7, 11) is 3.54. The number of anilines is 1. The van der Waals surface area contributed by atoms with Crippen molar-refractivity contribution in [1.82, 2.24) is 4.90 Å². The van der Waals surface area contributed by atoms with Crippen molar-refractivity contribution in [3.63, 3.8) is 0 Å². The van der Waals surface area contributed by atoms with E-state index in [4.69, 9.17) is 5.10 Å². The lowest BCUT2D eigenvalue weighted by atomic mass is 9.95. The monoisotopic (exact) mass is 349 g/mol. The second-order valence-corrected chi connectivity index (χ2v) is 7.41. The zero-order chi connectivity index (χ0) is 18.8. The lowest BCUT2D eigenvalue weighted by Gasteiger charge is -2.21.